The number of ether oxygens (including phenoxy) is 1. The van der Waals surface area contributed by atoms with Gasteiger partial charge in [0, 0.05) is 72.3 Å². The first-order chi connectivity index (χ1) is 8.33. The Morgan fingerprint density at radius 3 is 2.68 bits per heavy atom. The maximum absolute atomic E-state index is 10.9. The van der Waals surface area contributed by atoms with E-state index in [1.165, 1.54) is 10.8 Å². The van der Waals surface area contributed by atoms with Gasteiger partial charge in [-0.3, -0.25) is 0 Å². The van der Waals surface area contributed by atoms with E-state index < -0.39 is 14.0 Å². The van der Waals surface area contributed by atoms with Gasteiger partial charge in [-0.1, -0.05) is 19.6 Å². The van der Waals surface area contributed by atoms with Crippen LogP contribution in [0.4, 0.5) is 0 Å². The average Bonchev–Trinajstić information content (AvgIpc) is 2.66. The van der Waals surface area contributed by atoms with E-state index >= 15 is 0 Å². The number of hydrogen-bond acceptors (Lipinski definition) is 4. The molecule has 0 spiro atoms. The standard InChI is InChI=1S/C11H17N3O3Si.K/c1-18(2,3)5-4-17-8-14-7-9(6-12)13-10(14)11(15)16;/h7H,4-5,8H2,1-3H3,(H,15,16);. The third kappa shape index (κ3) is 6.80. The van der Waals surface area contributed by atoms with E-state index in [4.69, 9.17) is 15.1 Å². The molecule has 0 aliphatic carbocycles. The topological polar surface area (TPSA) is 88.1 Å². The molecule has 99 valence electrons. The molecule has 1 radical (unpaired) electrons. The van der Waals surface area contributed by atoms with Gasteiger partial charge < -0.3 is 14.4 Å². The Bertz CT molecular complexity index is 477. The molecule has 1 heterocycles. The summed E-state index contributed by atoms with van der Waals surface area (Å²) in [5, 5.41) is 17.6. The molecule has 1 N–H and O–H groups in total. The summed E-state index contributed by atoms with van der Waals surface area (Å²) in [6, 6.07) is 2.82. The molecule has 0 bridgehead atoms. The van der Waals surface area contributed by atoms with Crippen LogP contribution in [0.1, 0.15) is 16.3 Å². The second kappa shape index (κ2) is 8.31. The Morgan fingerprint density at radius 1 is 1.58 bits per heavy atom. The van der Waals surface area contributed by atoms with Crippen LogP contribution in [0.2, 0.25) is 25.7 Å². The number of aromatic carboxylic acids is 1. The molecule has 1 aromatic heterocycles. The van der Waals surface area contributed by atoms with E-state index in [1.807, 2.05) is 6.07 Å². The van der Waals surface area contributed by atoms with Crippen molar-refractivity contribution in [2.24, 2.45) is 0 Å². The van der Waals surface area contributed by atoms with Gasteiger partial charge in [0.05, 0.1) is 0 Å². The third-order valence-electron chi connectivity index (χ3n) is 2.31. The van der Waals surface area contributed by atoms with Crippen molar-refractivity contribution in [2.45, 2.75) is 32.4 Å². The maximum Gasteiger partial charge on any atom is 0.372 e. The van der Waals surface area contributed by atoms with Gasteiger partial charge in [0.25, 0.3) is 0 Å². The van der Waals surface area contributed by atoms with E-state index in [2.05, 4.69) is 24.6 Å². The Hall–Kier alpha value is -0.0168. The summed E-state index contributed by atoms with van der Waals surface area (Å²) < 4.78 is 6.77. The molecule has 8 heteroatoms. The minimum Gasteiger partial charge on any atom is -0.475 e. The SMILES string of the molecule is C[Si](C)(C)CCOCn1cc(C#N)nc1C(=O)O.[K]. The molecule has 0 unspecified atom stereocenters. The Balaban J connectivity index is 0.00000324. The predicted molar refractivity (Wildman–Crippen MR) is 73.8 cm³/mol. The van der Waals surface area contributed by atoms with Crippen LogP contribution in [0.15, 0.2) is 6.20 Å². The summed E-state index contributed by atoms with van der Waals surface area (Å²) in [6.45, 7) is 7.42. The molecule has 0 aliphatic rings. The van der Waals surface area contributed by atoms with Crippen molar-refractivity contribution in [3.05, 3.63) is 17.7 Å². The maximum atomic E-state index is 10.9. The van der Waals surface area contributed by atoms with Crippen molar-refractivity contribution in [1.82, 2.24) is 9.55 Å². The van der Waals surface area contributed by atoms with Gasteiger partial charge in [0.1, 0.15) is 12.8 Å². The second-order valence-electron chi connectivity index (χ2n) is 5.18. The van der Waals surface area contributed by atoms with E-state index in [9.17, 15) is 4.79 Å². The zero-order valence-electron chi connectivity index (χ0n) is 11.8. The van der Waals surface area contributed by atoms with Crippen molar-refractivity contribution in [3.8, 4) is 6.07 Å². The molecule has 0 amide bonds. The van der Waals surface area contributed by atoms with E-state index in [-0.39, 0.29) is 69.6 Å². The van der Waals surface area contributed by atoms with Gasteiger partial charge in [0.15, 0.2) is 5.69 Å². The Labute approximate surface area is 156 Å². The smallest absolute Gasteiger partial charge is 0.372 e. The number of nitrogens with zero attached hydrogens (tertiary/aromatic N) is 3. The van der Waals surface area contributed by atoms with E-state index in [0.29, 0.717) is 6.61 Å². The van der Waals surface area contributed by atoms with E-state index in [0.717, 1.165) is 6.04 Å². The van der Waals surface area contributed by atoms with Gasteiger partial charge in [-0.15, -0.1) is 0 Å². The largest absolute Gasteiger partial charge is 0.475 e. The van der Waals surface area contributed by atoms with Crippen LogP contribution in [-0.2, 0) is 11.5 Å². The van der Waals surface area contributed by atoms with Crippen LogP contribution < -0.4 is 0 Å². The molecule has 6 nitrogen and oxygen atoms in total. The molecular weight excluding hydrogens is 289 g/mol. The Morgan fingerprint density at radius 2 is 2.21 bits per heavy atom. The summed E-state index contributed by atoms with van der Waals surface area (Å²) in [7, 11) is -1.15. The zero-order valence-corrected chi connectivity index (χ0v) is 15.9. The molecule has 0 fully saturated rings. The molecule has 0 aromatic carbocycles. The minimum absolute atomic E-state index is 0. The van der Waals surface area contributed by atoms with Crippen LogP contribution in [0.5, 0.6) is 0 Å². The van der Waals surface area contributed by atoms with Crippen LogP contribution in [0.25, 0.3) is 0 Å². The van der Waals surface area contributed by atoms with Crippen LogP contribution >= 0.6 is 0 Å². The molecule has 0 saturated heterocycles. The summed E-state index contributed by atoms with van der Waals surface area (Å²) in [6.07, 6.45) is 1.39. The quantitative estimate of drug-likeness (QED) is 0.633. The molecule has 0 saturated carbocycles. The summed E-state index contributed by atoms with van der Waals surface area (Å²) in [5.41, 5.74) is 0.0844. The van der Waals surface area contributed by atoms with Crippen molar-refractivity contribution in [1.29, 1.82) is 5.26 Å². The first-order valence-corrected chi connectivity index (χ1v) is 9.32. The van der Waals surface area contributed by atoms with Crippen molar-refractivity contribution >= 4 is 65.4 Å². The number of rotatable bonds is 6. The summed E-state index contributed by atoms with van der Waals surface area (Å²) in [4.78, 5) is 14.6. The summed E-state index contributed by atoms with van der Waals surface area (Å²) in [5.74, 6) is -1.33. The average molecular weight is 306 g/mol. The van der Waals surface area contributed by atoms with Crippen LogP contribution in [0, 0.1) is 11.3 Å². The number of aromatic nitrogens is 2. The van der Waals surface area contributed by atoms with Crippen molar-refractivity contribution in [3.63, 3.8) is 0 Å². The van der Waals surface area contributed by atoms with Gasteiger partial charge in [-0.25, -0.2) is 9.78 Å². The molecule has 1 rings (SSSR count). The zero-order chi connectivity index (χ0) is 13.8. The molecule has 0 atom stereocenters. The monoisotopic (exact) mass is 306 g/mol. The number of imidazole rings is 1. The Kier molecular flexibility index (Phi) is 8.30. The molecular formula is C11H17KN3O3Si. The second-order valence-corrected chi connectivity index (χ2v) is 10.8. The van der Waals surface area contributed by atoms with Crippen molar-refractivity contribution in [2.75, 3.05) is 6.61 Å². The molecule has 1 aromatic rings. The summed E-state index contributed by atoms with van der Waals surface area (Å²) >= 11 is 0. The van der Waals surface area contributed by atoms with Crippen molar-refractivity contribution < 1.29 is 14.6 Å². The first kappa shape index (κ1) is 19.0. The van der Waals surface area contributed by atoms with Gasteiger partial charge in [0.2, 0.25) is 5.82 Å². The van der Waals surface area contributed by atoms with Gasteiger partial charge >= 0.3 is 5.97 Å². The third-order valence-corrected chi connectivity index (χ3v) is 4.01. The van der Waals surface area contributed by atoms with Crippen LogP contribution in [0.3, 0.4) is 0 Å². The predicted octanol–water partition coefficient (Wildman–Crippen LogP) is 1.38. The minimum atomic E-state index is -1.16. The fraction of sp³-hybridized carbons (Fsp3) is 0.545. The number of nitriles is 1. The van der Waals surface area contributed by atoms with Gasteiger partial charge in [-0.05, 0) is 6.04 Å². The first-order valence-electron chi connectivity index (χ1n) is 5.62. The number of carbonyl (C=O) groups is 1. The number of hydrogen-bond donors (Lipinski definition) is 1. The fourth-order valence-corrected chi connectivity index (χ4v) is 2.04. The normalized spacial score (nSPS) is 10.6. The number of carboxylic acids is 1. The molecule has 0 aliphatic heterocycles. The molecule has 19 heavy (non-hydrogen) atoms. The number of carboxylic acid groups (broad SMARTS) is 1. The van der Waals surface area contributed by atoms with Crippen LogP contribution in [-0.4, -0.2) is 86.7 Å². The fourth-order valence-electron chi connectivity index (χ4n) is 1.28. The van der Waals surface area contributed by atoms with E-state index in [1.54, 1.807) is 0 Å². The van der Waals surface area contributed by atoms with Gasteiger partial charge in [-0.2, -0.15) is 5.26 Å².